The zero-order chi connectivity index (χ0) is 111. The number of benzene rings is 12. The Hall–Kier alpha value is -5.51. The highest BCUT2D eigenvalue weighted by atomic mass is 79.9. The normalized spacial score (nSPS) is 23.6. The van der Waals surface area contributed by atoms with Crippen LogP contribution in [-0.2, 0) is 93.1 Å². The van der Waals surface area contributed by atoms with Crippen LogP contribution in [-0.4, -0.2) is 184 Å². The van der Waals surface area contributed by atoms with Gasteiger partial charge in [0.15, 0.2) is 0 Å². The van der Waals surface area contributed by atoms with Crippen LogP contribution in [0.25, 0.3) is 86.2 Å². The fraction of sp³-hybridized carbons (Fsp3) is 0.517. The van der Waals surface area contributed by atoms with Gasteiger partial charge in [0.25, 0.3) is 0 Å². The highest BCUT2D eigenvalue weighted by molar-refractivity contribution is 9.11. The minimum atomic E-state index is -0.476. The summed E-state index contributed by atoms with van der Waals surface area (Å²) in [5, 5.41) is 18.8. The van der Waals surface area contributed by atoms with Crippen molar-refractivity contribution in [2.45, 2.75) is 389 Å². The lowest BCUT2D eigenvalue weighted by molar-refractivity contribution is 0.00578. The first kappa shape index (κ1) is 118. The summed E-state index contributed by atoms with van der Waals surface area (Å²) >= 11 is 14.8. The molecule has 0 spiro atoms. The smallest absolute Gasteiger partial charge is 0.406 e. The van der Waals surface area contributed by atoms with E-state index in [1.807, 2.05) is 166 Å². The minimum Gasteiger partial charge on any atom is -0.406 e. The van der Waals surface area contributed by atoms with Gasteiger partial charge in [-0.2, -0.15) is 0 Å². The molecule has 12 aromatic carbocycles. The van der Waals surface area contributed by atoms with E-state index in [4.69, 9.17) is 93.1 Å². The summed E-state index contributed by atoms with van der Waals surface area (Å²) in [6, 6.07) is 67.3. The Labute approximate surface area is 930 Å². The molecule has 0 atom stereocenters. The summed E-state index contributed by atoms with van der Waals surface area (Å²) in [4.78, 5) is 0. The lowest BCUT2D eigenvalue weighted by atomic mass is 9.49. The summed E-state index contributed by atoms with van der Waals surface area (Å²) in [7, 11) is -2.87. The SMILES string of the molecule is Brc1c2ccccc2c(Br)c2ccccc12.Brc1c2ccccc2c(Br)c2ccccc12.CC1(C)OB(B2OC(C)(C)C(C)(C)O2)OC1(C)C.CC1(C)OB(B2OC(C)(C)C(C)(C)O2)OC1(C)C.CC1(C)OB(c2c3ccccc3c(B3OC(C)(C)C(C)(C)O3)c3ccccc23)OC1(C)C.CC1(C)OB(c2c3ccccc3c(B3OC(C)(C)C(C)(C)O3)c3ccccc23)OC1(C)C.CC1(C)OBOC1(C)C.CC1(C)OBOC1(C)C. The molecule has 796 valence electrons. The summed E-state index contributed by atoms with van der Waals surface area (Å²) in [6.45, 7) is 82.2. The zero-order valence-electron chi connectivity index (χ0n) is 96.2. The predicted octanol–water partition coefficient (Wildman–Crippen LogP) is 26.4. The van der Waals surface area contributed by atoms with Gasteiger partial charge in [0, 0.05) is 17.9 Å². The molecule has 22 rings (SSSR count). The zero-order valence-corrected chi connectivity index (χ0v) is 103. The third-order valence-corrected chi connectivity index (χ3v) is 39.1. The third kappa shape index (κ3) is 22.4. The van der Waals surface area contributed by atoms with Gasteiger partial charge in [-0.05, 0) is 449 Å². The standard InChI is InChI=1S/2C26H32B2O4.2C14H8Br2.2C12H24B2O4.2C6H13BO2/c2*1-23(2)24(3,4)30-27(29-23)21-17-13-9-11-15-19(17)22(20-16-12-10-14-18(20)21)28-31-25(5,6)26(7,8)32-28;2*15-13-9-5-1-2-6-10(9)14(16)12-8-4-3-7-11(12)13;2*1-9(2)10(3,4)16-13(15-9)14-17-11(5,6)12(7,8)18-14;2*1-5(2)6(3,4)9-7-8-5/h2*9-16H,1-8H3;2*1-8H;2*1-8H3;2*7H,1-4H3. The molecule has 0 aliphatic carbocycles. The lowest BCUT2D eigenvalue weighted by Gasteiger charge is -2.32. The number of hydrogen-bond acceptors (Lipinski definition) is 20. The van der Waals surface area contributed by atoms with E-state index in [9.17, 15) is 0 Å². The van der Waals surface area contributed by atoms with E-state index in [-0.39, 0.29) is 67.2 Å². The second-order valence-corrected chi connectivity index (χ2v) is 54.2. The third-order valence-electron chi connectivity index (χ3n) is 35.7. The monoisotopic (exact) mass is 2290 g/mol. The van der Waals surface area contributed by atoms with Crippen LogP contribution in [0.2, 0.25) is 0 Å². The van der Waals surface area contributed by atoms with Gasteiger partial charge in [0.1, 0.15) is 0 Å². The fourth-order valence-electron chi connectivity index (χ4n) is 18.6. The van der Waals surface area contributed by atoms with Gasteiger partial charge in [-0.25, -0.2) is 0 Å². The van der Waals surface area contributed by atoms with E-state index in [1.165, 1.54) is 61.0 Å². The molecular formula is C116H154B10Br4O20. The number of fused-ring (bicyclic) bond motifs is 8. The molecule has 10 fully saturated rings. The first-order valence-electron chi connectivity index (χ1n) is 52.7. The van der Waals surface area contributed by atoms with E-state index >= 15 is 0 Å². The van der Waals surface area contributed by atoms with Crippen LogP contribution < -0.4 is 21.9 Å². The van der Waals surface area contributed by atoms with Crippen LogP contribution in [0.3, 0.4) is 0 Å². The van der Waals surface area contributed by atoms with Crippen molar-refractivity contribution in [1.29, 1.82) is 0 Å². The van der Waals surface area contributed by atoms with E-state index in [1.54, 1.807) is 0 Å². The first-order valence-corrected chi connectivity index (χ1v) is 55.9. The Bertz CT molecular complexity index is 5860. The Morgan fingerprint density at radius 3 is 0.327 bits per heavy atom. The van der Waals surface area contributed by atoms with Gasteiger partial charge in [0.05, 0.1) is 112 Å². The largest absolute Gasteiger partial charge is 0.496 e. The topological polar surface area (TPSA) is 185 Å². The average molecular weight is 2300 g/mol. The van der Waals surface area contributed by atoms with Crippen LogP contribution in [0.5, 0.6) is 0 Å². The molecule has 0 aromatic heterocycles. The highest BCUT2D eigenvalue weighted by Gasteiger charge is 2.67. The van der Waals surface area contributed by atoms with Gasteiger partial charge in [-0.3, -0.25) is 0 Å². The maximum Gasteiger partial charge on any atom is 0.496 e. The van der Waals surface area contributed by atoms with E-state index in [0.717, 1.165) is 64.9 Å². The molecule has 0 amide bonds. The molecule has 34 heteroatoms. The summed E-state index contributed by atoms with van der Waals surface area (Å²) in [5.74, 6) is 0. The summed E-state index contributed by atoms with van der Waals surface area (Å²) in [6.07, 6.45) is 0. The molecule has 0 saturated carbocycles. The molecule has 10 saturated heterocycles. The predicted molar refractivity (Wildman–Crippen MR) is 639 cm³/mol. The molecule has 150 heavy (non-hydrogen) atoms. The highest BCUT2D eigenvalue weighted by Crippen LogP contribution is 2.51. The number of rotatable bonds is 6. The van der Waals surface area contributed by atoms with E-state index in [2.05, 4.69) is 369 Å². The van der Waals surface area contributed by atoms with Crippen LogP contribution in [0, 0.1) is 0 Å². The van der Waals surface area contributed by atoms with Crippen LogP contribution >= 0.6 is 63.7 Å². The van der Waals surface area contributed by atoms with Gasteiger partial charge in [-0.15, -0.1) is 0 Å². The van der Waals surface area contributed by atoms with Crippen molar-refractivity contribution in [3.63, 3.8) is 0 Å². The molecule has 0 radical (unpaired) electrons. The molecular weight excluding hydrogens is 2140 g/mol. The molecule has 20 nitrogen and oxygen atoms in total. The van der Waals surface area contributed by atoms with Crippen molar-refractivity contribution in [2.75, 3.05) is 0 Å². The Morgan fingerprint density at radius 1 is 0.140 bits per heavy atom. The van der Waals surface area contributed by atoms with Crippen molar-refractivity contribution >= 4 is 244 Å². The number of hydrogen-bond donors (Lipinski definition) is 0. The molecule has 10 aliphatic heterocycles. The lowest BCUT2D eigenvalue weighted by Crippen LogP contribution is -2.41. The van der Waals surface area contributed by atoms with Crippen LogP contribution in [0.15, 0.2) is 212 Å². The van der Waals surface area contributed by atoms with Gasteiger partial charge >= 0.3 is 71.9 Å². The van der Waals surface area contributed by atoms with E-state index in [0.29, 0.717) is 15.4 Å². The summed E-state index contributed by atoms with van der Waals surface area (Å²) < 4.78 is 126. The van der Waals surface area contributed by atoms with Crippen LogP contribution in [0.1, 0.15) is 277 Å². The molecule has 12 aromatic rings. The minimum absolute atomic E-state index is 0.132. The van der Waals surface area contributed by atoms with Gasteiger partial charge < -0.3 is 93.1 Å². The van der Waals surface area contributed by atoms with Crippen molar-refractivity contribution in [3.05, 3.63) is 212 Å². The van der Waals surface area contributed by atoms with Gasteiger partial charge in [0.2, 0.25) is 0 Å². The average Bonchev–Trinajstić information content (AvgIpc) is 1.47. The van der Waals surface area contributed by atoms with Crippen molar-refractivity contribution in [2.24, 2.45) is 0 Å². The molecule has 10 heterocycles. The van der Waals surface area contributed by atoms with Crippen LogP contribution in [0.4, 0.5) is 0 Å². The second kappa shape index (κ2) is 41.6. The Balaban J connectivity index is 0.000000133. The Morgan fingerprint density at radius 2 is 0.233 bits per heavy atom. The maximum atomic E-state index is 6.51. The fourth-order valence-corrected chi connectivity index (χ4v) is 21.4. The molecule has 0 bridgehead atoms. The quantitative estimate of drug-likeness (QED) is 0.113. The maximum absolute atomic E-state index is 6.51. The summed E-state index contributed by atoms with van der Waals surface area (Å²) in [5.41, 5.74) is -2.45. The molecule has 0 N–H and O–H groups in total. The molecule has 0 unspecified atom stereocenters. The molecule has 10 aliphatic rings. The van der Waals surface area contributed by atoms with E-state index < -0.39 is 101 Å². The van der Waals surface area contributed by atoms with Crippen molar-refractivity contribution in [3.8, 4) is 0 Å². The van der Waals surface area contributed by atoms with Crippen molar-refractivity contribution in [1.82, 2.24) is 0 Å². The van der Waals surface area contributed by atoms with Crippen molar-refractivity contribution < 1.29 is 93.1 Å². The Kier molecular flexibility index (Phi) is 32.9. The number of halogens is 4. The van der Waals surface area contributed by atoms with Gasteiger partial charge in [-0.1, -0.05) is 194 Å². The second-order valence-electron chi connectivity index (χ2n) is 51.0. The first-order chi connectivity index (χ1) is 68.9.